The first-order valence-electron chi connectivity index (χ1n) is 9.48. The van der Waals surface area contributed by atoms with Crippen molar-refractivity contribution < 1.29 is 0 Å². The maximum Gasteiger partial charge on any atom is 0.141 e. The highest BCUT2D eigenvalue weighted by atomic mass is 32.1. The van der Waals surface area contributed by atoms with Crippen molar-refractivity contribution in [2.75, 3.05) is 31.1 Å². The summed E-state index contributed by atoms with van der Waals surface area (Å²) in [6, 6.07) is 0. The molecule has 0 atom stereocenters. The van der Waals surface area contributed by atoms with Gasteiger partial charge in [0.15, 0.2) is 0 Å². The van der Waals surface area contributed by atoms with E-state index in [0.29, 0.717) is 0 Å². The monoisotopic (exact) mass is 385 g/mol. The zero-order valence-electron chi connectivity index (χ0n) is 14.9. The second kappa shape index (κ2) is 7.21. The lowest BCUT2D eigenvalue weighted by Crippen LogP contribution is -2.31. The van der Waals surface area contributed by atoms with Crippen LogP contribution in [0.3, 0.4) is 0 Å². The minimum Gasteiger partial charge on any atom is -0.355 e. The maximum absolute atomic E-state index is 4.75. The zero-order valence-corrected chi connectivity index (χ0v) is 16.5. The number of anilines is 1. The fraction of sp³-hybridized carbons (Fsp3) is 0.526. The molecule has 1 saturated heterocycles. The van der Waals surface area contributed by atoms with Crippen LogP contribution in [0.5, 0.6) is 0 Å². The fourth-order valence-corrected chi connectivity index (χ4v) is 5.97. The first kappa shape index (κ1) is 16.6. The summed E-state index contributed by atoms with van der Waals surface area (Å²) in [5.41, 5.74) is 4.66. The summed E-state index contributed by atoms with van der Waals surface area (Å²) in [6.45, 7) is 5.26. The van der Waals surface area contributed by atoms with Crippen molar-refractivity contribution in [2.45, 2.75) is 38.6 Å². The van der Waals surface area contributed by atoms with Gasteiger partial charge in [0.1, 0.15) is 17.0 Å². The van der Waals surface area contributed by atoms with E-state index in [-0.39, 0.29) is 0 Å². The van der Waals surface area contributed by atoms with Crippen molar-refractivity contribution in [3.63, 3.8) is 0 Å². The van der Waals surface area contributed by atoms with Crippen molar-refractivity contribution in [1.29, 1.82) is 0 Å². The van der Waals surface area contributed by atoms with E-state index in [2.05, 4.69) is 25.1 Å². The van der Waals surface area contributed by atoms with E-state index in [0.717, 1.165) is 32.7 Å². The highest BCUT2D eigenvalue weighted by Crippen LogP contribution is 2.39. The summed E-state index contributed by atoms with van der Waals surface area (Å²) >= 11 is 3.57. The lowest BCUT2D eigenvalue weighted by Gasteiger charge is -2.23. The van der Waals surface area contributed by atoms with Gasteiger partial charge in [-0.1, -0.05) is 0 Å². The summed E-state index contributed by atoms with van der Waals surface area (Å²) < 4.78 is 0. The van der Waals surface area contributed by atoms with Crippen molar-refractivity contribution >= 4 is 38.7 Å². The van der Waals surface area contributed by atoms with Crippen LogP contribution in [0.1, 0.15) is 35.4 Å². The van der Waals surface area contributed by atoms with Crippen LogP contribution >= 0.6 is 22.7 Å². The molecule has 26 heavy (non-hydrogen) atoms. The van der Waals surface area contributed by atoms with Crippen molar-refractivity contribution in [1.82, 2.24) is 19.9 Å². The summed E-state index contributed by atoms with van der Waals surface area (Å²) in [4.78, 5) is 21.5. The molecule has 5 rings (SSSR count). The molecule has 1 aliphatic carbocycles. The van der Waals surface area contributed by atoms with Crippen LogP contribution in [0.25, 0.3) is 10.2 Å². The molecule has 5 nitrogen and oxygen atoms in total. The van der Waals surface area contributed by atoms with Crippen LogP contribution in [0, 0.1) is 0 Å². The Hall–Kier alpha value is -1.57. The van der Waals surface area contributed by atoms with Crippen molar-refractivity contribution in [2.24, 2.45) is 0 Å². The van der Waals surface area contributed by atoms with Crippen LogP contribution in [0.4, 0.5) is 5.82 Å². The largest absolute Gasteiger partial charge is 0.355 e. The molecule has 1 aliphatic heterocycles. The summed E-state index contributed by atoms with van der Waals surface area (Å²) in [6.07, 6.45) is 7.96. The average Bonchev–Trinajstić information content (AvgIpc) is 3.24. The number of hydrogen-bond donors (Lipinski definition) is 0. The Labute approximate surface area is 161 Å². The smallest absolute Gasteiger partial charge is 0.141 e. The first-order chi connectivity index (χ1) is 12.9. The van der Waals surface area contributed by atoms with E-state index in [1.165, 1.54) is 59.4 Å². The molecule has 1 fully saturated rings. The number of aryl methyl sites for hydroxylation is 2. The van der Waals surface area contributed by atoms with Gasteiger partial charge in [0.05, 0.1) is 16.6 Å². The number of rotatable bonds is 3. The molecule has 7 heteroatoms. The number of thiazole rings is 1. The Morgan fingerprint density at radius 3 is 2.85 bits per heavy atom. The standard InChI is InChI=1S/C19H23N5S2/c1-2-5-16-15(4-1)17-18(20-12-21-19(17)26-16)24-7-3-6-23(8-9-24)10-14-11-25-13-22-14/h11-13H,1-10H2. The lowest BCUT2D eigenvalue weighted by molar-refractivity contribution is 0.282. The zero-order chi connectivity index (χ0) is 17.3. The van der Waals surface area contributed by atoms with Gasteiger partial charge in [0.2, 0.25) is 0 Å². The summed E-state index contributed by atoms with van der Waals surface area (Å²) in [5, 5.41) is 3.51. The molecule has 0 aromatic carbocycles. The topological polar surface area (TPSA) is 45.2 Å². The van der Waals surface area contributed by atoms with Gasteiger partial charge in [0, 0.05) is 43.0 Å². The third-order valence-electron chi connectivity index (χ3n) is 5.49. The van der Waals surface area contributed by atoms with Crippen LogP contribution in [-0.2, 0) is 19.4 Å². The number of hydrogen-bond acceptors (Lipinski definition) is 7. The molecule has 0 spiro atoms. The molecule has 2 aliphatic rings. The fourth-order valence-electron chi connectivity index (χ4n) is 4.20. The molecule has 136 valence electrons. The minimum atomic E-state index is 0.963. The van der Waals surface area contributed by atoms with E-state index < -0.39 is 0 Å². The van der Waals surface area contributed by atoms with E-state index in [1.54, 1.807) is 22.5 Å². The van der Waals surface area contributed by atoms with Crippen molar-refractivity contribution in [3.8, 4) is 0 Å². The molecule has 0 radical (unpaired) electrons. The quantitative estimate of drug-likeness (QED) is 0.687. The van der Waals surface area contributed by atoms with E-state index >= 15 is 0 Å². The van der Waals surface area contributed by atoms with E-state index in [9.17, 15) is 0 Å². The highest BCUT2D eigenvalue weighted by Gasteiger charge is 2.24. The van der Waals surface area contributed by atoms with Crippen molar-refractivity contribution in [3.05, 3.63) is 33.4 Å². The Kier molecular flexibility index (Phi) is 4.60. The van der Waals surface area contributed by atoms with Gasteiger partial charge in [-0.3, -0.25) is 4.90 Å². The predicted octanol–water partition coefficient (Wildman–Crippen LogP) is 3.74. The van der Waals surface area contributed by atoms with Crippen LogP contribution < -0.4 is 4.90 Å². The maximum atomic E-state index is 4.75. The second-order valence-corrected chi connectivity index (χ2v) is 8.99. The number of aromatic nitrogens is 3. The Morgan fingerprint density at radius 1 is 0.962 bits per heavy atom. The number of thiophene rings is 1. The second-order valence-electron chi connectivity index (χ2n) is 7.18. The summed E-state index contributed by atoms with van der Waals surface area (Å²) in [7, 11) is 0. The Morgan fingerprint density at radius 2 is 1.92 bits per heavy atom. The molecule has 0 N–H and O–H groups in total. The molecule has 0 amide bonds. The number of nitrogens with zero attached hydrogens (tertiary/aromatic N) is 5. The first-order valence-corrected chi connectivity index (χ1v) is 11.2. The molecular weight excluding hydrogens is 362 g/mol. The van der Waals surface area contributed by atoms with Gasteiger partial charge >= 0.3 is 0 Å². The average molecular weight is 386 g/mol. The Balaban J connectivity index is 1.40. The van der Waals surface area contributed by atoms with E-state index in [1.807, 2.05) is 16.8 Å². The molecule has 3 aromatic rings. The number of fused-ring (bicyclic) bond motifs is 3. The molecule has 0 unspecified atom stereocenters. The third-order valence-corrected chi connectivity index (χ3v) is 7.32. The van der Waals surface area contributed by atoms with Gasteiger partial charge < -0.3 is 4.90 Å². The SMILES string of the molecule is c1nc(N2CCCN(Cc3cscn3)CC2)c2c3c(sc2n1)CCCC3. The molecular formula is C19H23N5S2. The van der Waals surface area contributed by atoms with Crippen LogP contribution in [0.15, 0.2) is 17.2 Å². The molecule has 4 heterocycles. The lowest BCUT2D eigenvalue weighted by atomic mass is 9.97. The van der Waals surface area contributed by atoms with Gasteiger partial charge in [-0.15, -0.1) is 22.7 Å². The van der Waals surface area contributed by atoms with Crippen LogP contribution in [-0.4, -0.2) is 46.0 Å². The van der Waals surface area contributed by atoms with Gasteiger partial charge in [-0.2, -0.15) is 0 Å². The molecule has 0 bridgehead atoms. The van der Waals surface area contributed by atoms with Gasteiger partial charge in [-0.05, 0) is 37.7 Å². The summed E-state index contributed by atoms with van der Waals surface area (Å²) in [5.74, 6) is 1.17. The normalized spacial score (nSPS) is 18.8. The molecule has 0 saturated carbocycles. The Bertz CT molecular complexity index is 889. The van der Waals surface area contributed by atoms with Gasteiger partial charge in [-0.25, -0.2) is 15.0 Å². The minimum absolute atomic E-state index is 0.963. The third kappa shape index (κ3) is 3.12. The van der Waals surface area contributed by atoms with Gasteiger partial charge in [0.25, 0.3) is 0 Å². The van der Waals surface area contributed by atoms with Crippen LogP contribution in [0.2, 0.25) is 0 Å². The molecule has 3 aromatic heterocycles. The van der Waals surface area contributed by atoms with E-state index in [4.69, 9.17) is 4.98 Å². The predicted molar refractivity (Wildman–Crippen MR) is 108 cm³/mol. The highest BCUT2D eigenvalue weighted by molar-refractivity contribution is 7.19.